The number of nitrogens with one attached hydrogen (secondary N) is 3. The van der Waals surface area contributed by atoms with Crippen molar-refractivity contribution < 1.29 is 52.5 Å². The van der Waals surface area contributed by atoms with Gasteiger partial charge in [-0.15, -0.1) is 0 Å². The van der Waals surface area contributed by atoms with Gasteiger partial charge in [0.05, 0.1) is 63.1 Å². The first-order valence-electron chi connectivity index (χ1n) is 24.1. The molecule has 0 saturated carbocycles. The second-order valence-electron chi connectivity index (χ2n) is 18.5. The van der Waals surface area contributed by atoms with Crippen molar-refractivity contribution in [2.75, 3.05) is 74.8 Å². The van der Waals surface area contributed by atoms with Gasteiger partial charge in [-0.3, -0.25) is 24.1 Å². The molecule has 386 valence electrons. The predicted octanol–water partition coefficient (Wildman–Crippen LogP) is 5.47. The van der Waals surface area contributed by atoms with E-state index in [1.54, 1.807) is 51.7 Å². The molecule has 1 heterocycles. The standard InChI is InChI=1S/C27H54N4O6.C20H28N2O5.C3H8/c1-12-20(5)24(21(13-2)35-11)31(10)22(32)18-29-25(33)23(19(3)4)30(9)15-17-36-16-14-28-26(34)37-27(6,7)8;1-14(18(26-2)17-10-7-11-22(17)13-23)19(24)21-16(20(25)27-3)12-15-8-5-4-6-9-15;1-3-2/h19-21,23-24H,12-18H2,1-11H3,(H,28,34)(H,29,33);4-6,8-9,13-14,16-18H,7,10-12H2,1-3H3,(H,21,24);3H2,1-2H3. The number of amides is 5. The molecule has 0 aromatic heterocycles. The minimum absolute atomic E-state index is 0.0393. The highest BCUT2D eigenvalue weighted by atomic mass is 16.6. The van der Waals surface area contributed by atoms with Crippen LogP contribution in [-0.2, 0) is 54.1 Å². The third kappa shape index (κ3) is 23.5. The topological polar surface area (TPSA) is 194 Å². The maximum atomic E-state index is 13.0. The fraction of sp³-hybridized carbons (Fsp3) is 0.760. The number of rotatable bonds is 26. The van der Waals surface area contributed by atoms with E-state index in [9.17, 15) is 28.8 Å². The SMILES string of the molecule is CCC.CCC(C)C(C(CC)OC)N(C)C(=O)CNC(=O)C(C(C)C)N(C)CCOCCNC(=O)OC(C)(C)C.COC(=O)C(Cc1ccccc1)NC(=O)C(C)C(OC)C1CCCN1C=O. The summed E-state index contributed by atoms with van der Waals surface area (Å²) in [7, 11) is 8.16. The lowest BCUT2D eigenvalue weighted by atomic mass is 9.91. The van der Waals surface area contributed by atoms with Crippen molar-refractivity contribution in [1.29, 1.82) is 0 Å². The van der Waals surface area contributed by atoms with Crippen molar-refractivity contribution in [2.45, 2.75) is 157 Å². The number of hydrogen-bond donors (Lipinski definition) is 3. The quantitative estimate of drug-likeness (QED) is 0.0603. The molecule has 8 unspecified atom stereocenters. The van der Waals surface area contributed by atoms with Gasteiger partial charge in [0.1, 0.15) is 11.6 Å². The molecule has 1 aliphatic heterocycles. The van der Waals surface area contributed by atoms with Crippen LogP contribution in [0.5, 0.6) is 0 Å². The summed E-state index contributed by atoms with van der Waals surface area (Å²) in [6.45, 7) is 23.8. The Labute approximate surface area is 403 Å². The zero-order chi connectivity index (χ0) is 51.3. The molecular formula is C50H90N6O11. The lowest BCUT2D eigenvalue weighted by Crippen LogP contribution is -2.54. The van der Waals surface area contributed by atoms with E-state index < -0.39 is 41.8 Å². The monoisotopic (exact) mass is 951 g/mol. The van der Waals surface area contributed by atoms with E-state index in [1.807, 2.05) is 63.1 Å². The van der Waals surface area contributed by atoms with Gasteiger partial charge in [-0.25, -0.2) is 9.59 Å². The maximum Gasteiger partial charge on any atom is 0.407 e. The third-order valence-electron chi connectivity index (χ3n) is 11.6. The van der Waals surface area contributed by atoms with Crippen molar-refractivity contribution >= 4 is 36.2 Å². The smallest absolute Gasteiger partial charge is 0.407 e. The van der Waals surface area contributed by atoms with Gasteiger partial charge >= 0.3 is 12.1 Å². The molecule has 1 aliphatic rings. The van der Waals surface area contributed by atoms with Gasteiger partial charge in [0.2, 0.25) is 24.1 Å². The summed E-state index contributed by atoms with van der Waals surface area (Å²) in [6.07, 6.45) is 4.82. The number of nitrogens with zero attached hydrogens (tertiary/aromatic N) is 3. The summed E-state index contributed by atoms with van der Waals surface area (Å²) in [4.78, 5) is 79.2. The number of carbonyl (C=O) groups is 6. The Bertz CT molecular complexity index is 1560. The summed E-state index contributed by atoms with van der Waals surface area (Å²) in [5.74, 6) is -1.34. The van der Waals surface area contributed by atoms with Gasteiger partial charge in [-0.05, 0) is 64.5 Å². The zero-order valence-corrected chi connectivity index (χ0v) is 44.0. The normalized spacial score (nSPS) is 16.6. The Balaban J connectivity index is 0.00000127. The van der Waals surface area contributed by atoms with Crippen LogP contribution in [0.25, 0.3) is 0 Å². The first kappa shape index (κ1) is 62.7. The van der Waals surface area contributed by atoms with Crippen molar-refractivity contribution in [1.82, 2.24) is 30.7 Å². The van der Waals surface area contributed by atoms with Crippen LogP contribution in [0, 0.1) is 17.8 Å². The molecule has 1 saturated heterocycles. The van der Waals surface area contributed by atoms with Gasteiger partial charge in [0.25, 0.3) is 0 Å². The van der Waals surface area contributed by atoms with E-state index in [-0.39, 0.29) is 54.3 Å². The highest BCUT2D eigenvalue weighted by Gasteiger charge is 2.38. The Hall–Kier alpha value is -4.32. The van der Waals surface area contributed by atoms with E-state index in [2.05, 4.69) is 43.6 Å². The lowest BCUT2D eigenvalue weighted by molar-refractivity contribution is -0.146. The summed E-state index contributed by atoms with van der Waals surface area (Å²) in [5.41, 5.74) is 0.379. The molecule has 0 spiro atoms. The van der Waals surface area contributed by atoms with Crippen LogP contribution in [0.3, 0.4) is 0 Å². The Morgan fingerprint density at radius 1 is 0.881 bits per heavy atom. The Morgan fingerprint density at radius 3 is 2.01 bits per heavy atom. The number of hydrogen-bond acceptors (Lipinski definition) is 12. The first-order valence-corrected chi connectivity index (χ1v) is 24.1. The van der Waals surface area contributed by atoms with Crippen LogP contribution in [-0.4, -0.2) is 168 Å². The highest BCUT2D eigenvalue weighted by Crippen LogP contribution is 2.25. The number of ether oxygens (including phenoxy) is 5. The van der Waals surface area contributed by atoms with Crippen LogP contribution >= 0.6 is 0 Å². The molecule has 1 fully saturated rings. The summed E-state index contributed by atoms with van der Waals surface area (Å²) >= 11 is 0. The van der Waals surface area contributed by atoms with Crippen molar-refractivity contribution in [3.8, 4) is 0 Å². The van der Waals surface area contributed by atoms with Crippen molar-refractivity contribution in [3.05, 3.63) is 35.9 Å². The highest BCUT2D eigenvalue weighted by molar-refractivity contribution is 5.88. The number of likely N-dealkylation sites (N-methyl/N-ethyl adjacent to an activating group) is 2. The third-order valence-corrected chi connectivity index (χ3v) is 11.6. The molecule has 3 N–H and O–H groups in total. The van der Waals surface area contributed by atoms with E-state index in [1.165, 1.54) is 20.6 Å². The second-order valence-corrected chi connectivity index (χ2v) is 18.5. The predicted molar refractivity (Wildman–Crippen MR) is 262 cm³/mol. The molecule has 0 radical (unpaired) electrons. The van der Waals surface area contributed by atoms with Crippen LogP contribution < -0.4 is 16.0 Å². The van der Waals surface area contributed by atoms with E-state index in [0.717, 1.165) is 37.7 Å². The largest absolute Gasteiger partial charge is 0.467 e. The van der Waals surface area contributed by atoms with E-state index in [0.29, 0.717) is 39.3 Å². The lowest BCUT2D eigenvalue weighted by Gasteiger charge is -2.37. The average molecular weight is 951 g/mol. The van der Waals surface area contributed by atoms with Gasteiger partial charge in [0, 0.05) is 47.3 Å². The molecule has 8 atom stereocenters. The van der Waals surface area contributed by atoms with Crippen LogP contribution in [0.1, 0.15) is 114 Å². The van der Waals surface area contributed by atoms with E-state index in [4.69, 9.17) is 23.7 Å². The molecule has 2 rings (SSSR count). The number of alkyl carbamates (subject to hydrolysis) is 1. The second kappa shape index (κ2) is 34.0. The number of benzene rings is 1. The van der Waals surface area contributed by atoms with Gasteiger partial charge in [-0.2, -0.15) is 0 Å². The van der Waals surface area contributed by atoms with Gasteiger partial charge in [-0.1, -0.05) is 98.6 Å². The molecule has 67 heavy (non-hydrogen) atoms. The minimum Gasteiger partial charge on any atom is -0.467 e. The number of likely N-dealkylation sites (tertiary alicyclic amines) is 1. The van der Waals surface area contributed by atoms with Crippen LogP contribution in [0.4, 0.5) is 4.79 Å². The molecule has 0 bridgehead atoms. The number of carbonyl (C=O) groups excluding carboxylic acids is 6. The Morgan fingerprint density at radius 2 is 1.51 bits per heavy atom. The first-order chi connectivity index (χ1) is 31.6. The fourth-order valence-corrected chi connectivity index (χ4v) is 7.98. The van der Waals surface area contributed by atoms with Crippen LogP contribution in [0.15, 0.2) is 30.3 Å². The molecular weight excluding hydrogens is 861 g/mol. The molecule has 17 nitrogen and oxygen atoms in total. The summed E-state index contributed by atoms with van der Waals surface area (Å²) in [6, 6.07) is 8.04. The zero-order valence-electron chi connectivity index (χ0n) is 44.0. The Kier molecular flexibility index (Phi) is 31.8. The van der Waals surface area contributed by atoms with Crippen molar-refractivity contribution in [3.63, 3.8) is 0 Å². The van der Waals surface area contributed by atoms with Gasteiger partial charge < -0.3 is 49.4 Å². The molecule has 1 aromatic rings. The molecule has 0 aliphatic carbocycles. The molecule has 1 aromatic carbocycles. The number of esters is 1. The minimum atomic E-state index is -0.782. The van der Waals surface area contributed by atoms with Gasteiger partial charge in [0.15, 0.2) is 0 Å². The summed E-state index contributed by atoms with van der Waals surface area (Å²) < 4.78 is 26.8. The van der Waals surface area contributed by atoms with E-state index >= 15 is 0 Å². The van der Waals surface area contributed by atoms with Crippen molar-refractivity contribution in [2.24, 2.45) is 17.8 Å². The average Bonchev–Trinajstić information content (AvgIpc) is 3.76. The molecule has 17 heteroatoms. The van der Waals surface area contributed by atoms with Crippen LogP contribution in [0.2, 0.25) is 0 Å². The molecule has 5 amide bonds. The fourth-order valence-electron chi connectivity index (χ4n) is 7.98. The maximum absolute atomic E-state index is 13.0. The number of methoxy groups -OCH3 is 3. The summed E-state index contributed by atoms with van der Waals surface area (Å²) in [5, 5.41) is 8.27.